The molecule has 1 unspecified atom stereocenters. The lowest BCUT2D eigenvalue weighted by atomic mass is 10.3. The van der Waals surface area contributed by atoms with E-state index in [4.69, 9.17) is 10.3 Å². The van der Waals surface area contributed by atoms with Gasteiger partial charge < -0.3 is 9.84 Å². The van der Waals surface area contributed by atoms with Crippen LogP contribution in [0.1, 0.15) is 6.42 Å². The molecule has 1 heterocycles. The van der Waals surface area contributed by atoms with Gasteiger partial charge in [-0.2, -0.15) is 5.06 Å². The Morgan fingerprint density at radius 3 is 2.50 bits per heavy atom. The van der Waals surface area contributed by atoms with Crippen molar-refractivity contribution < 1.29 is 29.4 Å². The highest BCUT2D eigenvalue weighted by molar-refractivity contribution is 6.04. The molecule has 1 atom stereocenters. The molecule has 2 amide bonds. The lowest BCUT2D eigenvalue weighted by molar-refractivity contribution is -0.173. The number of ether oxygens (including phenoxy) is 1. The van der Waals surface area contributed by atoms with Crippen LogP contribution in [0.3, 0.4) is 0 Å². The van der Waals surface area contributed by atoms with Crippen LogP contribution in [0.25, 0.3) is 0 Å². The molecule has 0 aromatic heterocycles. The van der Waals surface area contributed by atoms with E-state index in [-0.39, 0.29) is 5.06 Å². The van der Waals surface area contributed by atoms with Crippen molar-refractivity contribution >= 4 is 18.0 Å². The van der Waals surface area contributed by atoms with Crippen LogP contribution in [-0.4, -0.2) is 39.5 Å². The van der Waals surface area contributed by atoms with E-state index in [2.05, 4.69) is 4.74 Å². The number of hydrogen-bond acceptors (Lipinski definition) is 5. The predicted molar refractivity (Wildman–Crippen MR) is 31.2 cm³/mol. The first kappa shape index (κ1) is 8.47. The first-order valence-corrected chi connectivity index (χ1v) is 2.97. The van der Waals surface area contributed by atoms with Gasteiger partial charge in [-0.1, -0.05) is 0 Å². The Labute approximate surface area is 66.1 Å². The minimum Gasteiger partial charge on any atom is -0.450 e. The third-order valence-corrected chi connectivity index (χ3v) is 1.32. The minimum atomic E-state index is -1.66. The fourth-order valence-corrected chi connectivity index (χ4v) is 0.805. The maximum Gasteiger partial charge on any atom is 0.506 e. The van der Waals surface area contributed by atoms with Gasteiger partial charge >= 0.3 is 6.16 Å². The van der Waals surface area contributed by atoms with Crippen LogP contribution in [0.5, 0.6) is 0 Å². The zero-order valence-corrected chi connectivity index (χ0v) is 5.76. The molecule has 1 saturated heterocycles. The molecule has 7 heteroatoms. The van der Waals surface area contributed by atoms with Crippen LogP contribution in [0.2, 0.25) is 0 Å². The van der Waals surface area contributed by atoms with Crippen LogP contribution >= 0.6 is 0 Å². The van der Waals surface area contributed by atoms with Crippen LogP contribution < -0.4 is 0 Å². The van der Waals surface area contributed by atoms with Gasteiger partial charge in [0, 0.05) is 0 Å². The third-order valence-electron chi connectivity index (χ3n) is 1.32. The van der Waals surface area contributed by atoms with E-state index >= 15 is 0 Å². The molecule has 0 bridgehead atoms. The van der Waals surface area contributed by atoms with Gasteiger partial charge in [0.1, 0.15) is 0 Å². The van der Waals surface area contributed by atoms with Gasteiger partial charge in [-0.15, -0.1) is 0 Å². The quantitative estimate of drug-likeness (QED) is 0.307. The Hall–Kier alpha value is -1.63. The Morgan fingerprint density at radius 2 is 2.17 bits per heavy atom. The van der Waals surface area contributed by atoms with Crippen molar-refractivity contribution in [2.24, 2.45) is 0 Å². The van der Waals surface area contributed by atoms with Crippen molar-refractivity contribution in [3.8, 4) is 0 Å². The first-order valence-electron chi connectivity index (χ1n) is 2.97. The molecule has 0 radical (unpaired) electrons. The number of rotatable bonds is 1. The summed E-state index contributed by atoms with van der Waals surface area (Å²) in [6.07, 6.45) is -3.50. The van der Waals surface area contributed by atoms with E-state index in [0.717, 1.165) is 0 Å². The van der Waals surface area contributed by atoms with Crippen LogP contribution in [0.4, 0.5) is 4.79 Å². The van der Waals surface area contributed by atoms with E-state index in [1.165, 1.54) is 0 Å². The second kappa shape index (κ2) is 2.78. The average Bonchev–Trinajstić information content (AvgIpc) is 2.17. The summed E-state index contributed by atoms with van der Waals surface area (Å²) in [6.45, 7) is 0. The van der Waals surface area contributed by atoms with Gasteiger partial charge in [0.15, 0.2) is 6.10 Å². The number of nitrogens with zero attached hydrogens (tertiary/aromatic N) is 1. The number of carbonyl (C=O) groups excluding carboxylic acids is 2. The molecule has 1 aliphatic rings. The third kappa shape index (κ3) is 1.35. The van der Waals surface area contributed by atoms with E-state index < -0.39 is 30.5 Å². The van der Waals surface area contributed by atoms with Gasteiger partial charge in [0.2, 0.25) is 0 Å². The van der Waals surface area contributed by atoms with E-state index in [1.807, 2.05) is 0 Å². The standard InChI is InChI=1S/C5H5NO6/c7-3-1-2(12-5(9)10)4(8)6(3)11/h2,11H,1H2,(H,9,10). The van der Waals surface area contributed by atoms with Crippen molar-refractivity contribution in [3.05, 3.63) is 0 Å². The first-order chi connectivity index (χ1) is 5.52. The lowest BCUT2D eigenvalue weighted by Gasteiger charge is -2.05. The van der Waals surface area contributed by atoms with Crippen molar-refractivity contribution in [2.45, 2.75) is 12.5 Å². The molecule has 0 aliphatic carbocycles. The Kier molecular flexibility index (Phi) is 1.96. The number of amides is 2. The largest absolute Gasteiger partial charge is 0.506 e. The van der Waals surface area contributed by atoms with Crippen molar-refractivity contribution in [1.29, 1.82) is 0 Å². The number of hydroxylamine groups is 2. The zero-order valence-electron chi connectivity index (χ0n) is 5.76. The average molecular weight is 175 g/mol. The second-order valence-corrected chi connectivity index (χ2v) is 2.12. The molecule has 7 nitrogen and oxygen atoms in total. The van der Waals surface area contributed by atoms with Crippen molar-refractivity contribution in [3.63, 3.8) is 0 Å². The van der Waals surface area contributed by atoms with E-state index in [1.54, 1.807) is 0 Å². The van der Waals surface area contributed by atoms with Crippen molar-refractivity contribution in [1.82, 2.24) is 5.06 Å². The van der Waals surface area contributed by atoms with Crippen LogP contribution in [-0.2, 0) is 14.3 Å². The molecule has 0 aromatic rings. The molecule has 1 aliphatic heterocycles. The smallest absolute Gasteiger partial charge is 0.450 e. The molecule has 1 rings (SSSR count). The molecule has 12 heavy (non-hydrogen) atoms. The number of carbonyl (C=O) groups is 3. The Bertz CT molecular complexity index is 246. The summed E-state index contributed by atoms with van der Waals surface area (Å²) < 4.78 is 4.01. The maximum absolute atomic E-state index is 10.7. The van der Waals surface area contributed by atoms with Gasteiger partial charge in [0.05, 0.1) is 6.42 Å². The summed E-state index contributed by atoms with van der Waals surface area (Å²) in [5.74, 6) is -1.92. The molecule has 0 aromatic carbocycles. The van der Waals surface area contributed by atoms with Gasteiger partial charge in [-0.05, 0) is 0 Å². The van der Waals surface area contributed by atoms with E-state index in [0.29, 0.717) is 0 Å². The molecule has 0 saturated carbocycles. The topological polar surface area (TPSA) is 104 Å². The normalized spacial score (nSPS) is 23.1. The Morgan fingerprint density at radius 1 is 1.58 bits per heavy atom. The second-order valence-electron chi connectivity index (χ2n) is 2.12. The number of hydrogen-bond donors (Lipinski definition) is 2. The molecule has 1 fully saturated rings. The van der Waals surface area contributed by atoms with Crippen LogP contribution in [0, 0.1) is 0 Å². The van der Waals surface area contributed by atoms with Gasteiger partial charge in [-0.25, -0.2) is 4.79 Å². The summed E-state index contributed by atoms with van der Waals surface area (Å²) in [7, 11) is 0. The molecule has 66 valence electrons. The van der Waals surface area contributed by atoms with Gasteiger partial charge in [0.25, 0.3) is 11.8 Å². The summed E-state index contributed by atoms with van der Waals surface area (Å²) in [5, 5.41) is 16.5. The molecule has 0 spiro atoms. The summed E-state index contributed by atoms with van der Waals surface area (Å²) in [6, 6.07) is 0. The monoisotopic (exact) mass is 175 g/mol. The molecule has 2 N–H and O–H groups in total. The number of imide groups is 1. The van der Waals surface area contributed by atoms with Crippen molar-refractivity contribution in [2.75, 3.05) is 0 Å². The fourth-order valence-electron chi connectivity index (χ4n) is 0.805. The zero-order chi connectivity index (χ0) is 9.30. The Balaban J connectivity index is 2.65. The van der Waals surface area contributed by atoms with Crippen LogP contribution in [0.15, 0.2) is 0 Å². The van der Waals surface area contributed by atoms with Gasteiger partial charge in [-0.3, -0.25) is 14.8 Å². The number of carboxylic acid groups (broad SMARTS) is 1. The maximum atomic E-state index is 10.7. The summed E-state index contributed by atoms with van der Waals surface area (Å²) in [4.78, 5) is 31.2. The SMILES string of the molecule is O=C(O)OC1CC(=O)N(O)C1=O. The summed E-state index contributed by atoms with van der Waals surface area (Å²) >= 11 is 0. The predicted octanol–water partition coefficient (Wildman–Crippen LogP) is -0.802. The fraction of sp³-hybridized carbons (Fsp3) is 0.400. The summed E-state index contributed by atoms with van der Waals surface area (Å²) in [5.41, 5.74) is 0. The highest BCUT2D eigenvalue weighted by atomic mass is 16.7. The van der Waals surface area contributed by atoms with E-state index in [9.17, 15) is 14.4 Å². The minimum absolute atomic E-state index is 0.145. The molecular weight excluding hydrogens is 170 g/mol. The highest BCUT2D eigenvalue weighted by Crippen LogP contribution is 2.13. The highest BCUT2D eigenvalue weighted by Gasteiger charge is 2.40. The lowest BCUT2D eigenvalue weighted by Crippen LogP contribution is -2.30. The molecular formula is C5H5NO6.